The van der Waals surface area contributed by atoms with E-state index in [0.717, 1.165) is 12.1 Å². The highest BCUT2D eigenvalue weighted by Gasteiger charge is 2.20. The van der Waals surface area contributed by atoms with Crippen LogP contribution in [0.5, 0.6) is 0 Å². The Bertz CT molecular complexity index is 612. The van der Waals surface area contributed by atoms with E-state index in [1.54, 1.807) is 0 Å². The van der Waals surface area contributed by atoms with Crippen molar-refractivity contribution < 1.29 is 0 Å². The SMILES string of the molecule is C#C.CC.CCc1ccc(C)cc1.CNC1CCc2ccc(N)cc21. The van der Waals surface area contributed by atoms with E-state index >= 15 is 0 Å². The first-order valence-corrected chi connectivity index (χ1v) is 9.08. The van der Waals surface area contributed by atoms with E-state index in [1.165, 1.54) is 35.1 Å². The summed E-state index contributed by atoms with van der Waals surface area (Å²) in [6, 6.07) is 15.4. The topological polar surface area (TPSA) is 38.0 Å². The maximum atomic E-state index is 5.72. The summed E-state index contributed by atoms with van der Waals surface area (Å²) < 4.78 is 0. The second kappa shape index (κ2) is 13.1. The molecule has 0 bridgehead atoms. The summed E-state index contributed by atoms with van der Waals surface area (Å²) in [5.74, 6) is 0. The molecule has 1 aliphatic carbocycles. The molecule has 3 rings (SSSR count). The maximum absolute atomic E-state index is 5.72. The number of rotatable bonds is 2. The molecule has 25 heavy (non-hydrogen) atoms. The van der Waals surface area contributed by atoms with Crippen molar-refractivity contribution >= 4 is 5.69 Å². The van der Waals surface area contributed by atoms with Crippen molar-refractivity contribution in [3.8, 4) is 12.8 Å². The number of nitrogen functional groups attached to an aromatic ring is 1. The van der Waals surface area contributed by atoms with E-state index < -0.39 is 0 Å². The highest BCUT2D eigenvalue weighted by atomic mass is 14.9. The summed E-state index contributed by atoms with van der Waals surface area (Å²) in [7, 11) is 2.00. The van der Waals surface area contributed by atoms with E-state index in [9.17, 15) is 0 Å². The Morgan fingerprint density at radius 3 is 2.20 bits per heavy atom. The normalized spacial score (nSPS) is 13.8. The number of nitrogens with two attached hydrogens (primary N) is 1. The molecule has 136 valence electrons. The van der Waals surface area contributed by atoms with Gasteiger partial charge in [-0.05, 0) is 62.1 Å². The minimum Gasteiger partial charge on any atom is -0.399 e. The highest BCUT2D eigenvalue weighted by molar-refractivity contribution is 5.47. The number of anilines is 1. The third-order valence-electron chi connectivity index (χ3n) is 4.13. The van der Waals surface area contributed by atoms with Gasteiger partial charge in [-0.15, -0.1) is 12.8 Å². The molecule has 1 aliphatic rings. The predicted molar refractivity (Wildman–Crippen MR) is 113 cm³/mol. The summed E-state index contributed by atoms with van der Waals surface area (Å²) in [5, 5.41) is 3.29. The Kier molecular flexibility index (Phi) is 11.9. The van der Waals surface area contributed by atoms with Crippen LogP contribution < -0.4 is 11.1 Å². The molecule has 0 fully saturated rings. The average molecular weight is 339 g/mol. The molecule has 3 N–H and O–H groups in total. The van der Waals surface area contributed by atoms with Crippen molar-refractivity contribution in [2.45, 2.75) is 53.0 Å². The molecule has 0 heterocycles. The molecule has 0 radical (unpaired) electrons. The minimum atomic E-state index is 0.517. The number of nitrogens with one attached hydrogen (secondary N) is 1. The van der Waals surface area contributed by atoms with Crippen molar-refractivity contribution in [1.29, 1.82) is 0 Å². The standard InChI is InChI=1S/C10H14N2.C9H12.C2H6.C2H2/c1-12-10-5-3-7-2-4-8(11)6-9(7)10;1-3-9-6-4-8(2)5-7-9;2*1-2/h2,4,6,10,12H,3,5,11H2,1H3;4-7H,3H2,1-2H3;1-2H3;1-2H. The van der Waals surface area contributed by atoms with Crippen molar-refractivity contribution in [3.63, 3.8) is 0 Å². The van der Waals surface area contributed by atoms with Gasteiger partial charge in [0.25, 0.3) is 0 Å². The molecule has 2 heteroatoms. The van der Waals surface area contributed by atoms with Crippen molar-refractivity contribution in [2.24, 2.45) is 0 Å². The van der Waals surface area contributed by atoms with Crippen LogP contribution in [0.1, 0.15) is 55.5 Å². The highest BCUT2D eigenvalue weighted by Crippen LogP contribution is 2.31. The molecule has 2 nitrogen and oxygen atoms in total. The van der Waals surface area contributed by atoms with Gasteiger partial charge in [-0.3, -0.25) is 0 Å². The van der Waals surface area contributed by atoms with Crippen LogP contribution in [-0.2, 0) is 12.8 Å². The smallest absolute Gasteiger partial charge is 0.0324 e. The Morgan fingerprint density at radius 2 is 1.68 bits per heavy atom. The van der Waals surface area contributed by atoms with Gasteiger partial charge in [-0.1, -0.05) is 56.7 Å². The largest absolute Gasteiger partial charge is 0.399 e. The van der Waals surface area contributed by atoms with Gasteiger partial charge in [-0.2, -0.15) is 0 Å². The van der Waals surface area contributed by atoms with E-state index in [1.807, 2.05) is 27.0 Å². The molecule has 1 atom stereocenters. The third kappa shape index (κ3) is 7.45. The lowest BCUT2D eigenvalue weighted by molar-refractivity contribution is 0.590. The fourth-order valence-electron chi connectivity index (χ4n) is 2.74. The molecule has 0 saturated carbocycles. The Labute approximate surface area is 154 Å². The predicted octanol–water partition coefficient (Wildman–Crippen LogP) is 5.31. The van der Waals surface area contributed by atoms with Crippen LogP contribution in [0.15, 0.2) is 42.5 Å². The van der Waals surface area contributed by atoms with Crippen LogP contribution in [0.25, 0.3) is 0 Å². The summed E-state index contributed by atoms with van der Waals surface area (Å²) in [6.07, 6.45) is 11.5. The van der Waals surface area contributed by atoms with Crippen LogP contribution >= 0.6 is 0 Å². The maximum Gasteiger partial charge on any atom is 0.0324 e. The zero-order valence-electron chi connectivity index (χ0n) is 16.5. The fourth-order valence-corrected chi connectivity index (χ4v) is 2.74. The lowest BCUT2D eigenvalue weighted by Gasteiger charge is -2.09. The first-order valence-electron chi connectivity index (χ1n) is 9.08. The van der Waals surface area contributed by atoms with Gasteiger partial charge < -0.3 is 11.1 Å². The molecule has 0 aliphatic heterocycles. The van der Waals surface area contributed by atoms with Crippen LogP contribution in [-0.4, -0.2) is 7.05 Å². The molecular weight excluding hydrogens is 304 g/mol. The molecule has 0 spiro atoms. The lowest BCUT2D eigenvalue weighted by atomic mass is 10.1. The second-order valence-corrected chi connectivity index (χ2v) is 5.68. The van der Waals surface area contributed by atoms with Gasteiger partial charge in [0.2, 0.25) is 0 Å². The molecular formula is C23H34N2. The minimum absolute atomic E-state index is 0.517. The van der Waals surface area contributed by atoms with Crippen LogP contribution in [0.3, 0.4) is 0 Å². The zero-order valence-corrected chi connectivity index (χ0v) is 16.5. The van der Waals surface area contributed by atoms with Gasteiger partial charge in [0, 0.05) is 11.7 Å². The van der Waals surface area contributed by atoms with Gasteiger partial charge in [0.05, 0.1) is 0 Å². The van der Waals surface area contributed by atoms with Crippen molar-refractivity contribution in [2.75, 3.05) is 12.8 Å². The number of hydrogen-bond acceptors (Lipinski definition) is 2. The van der Waals surface area contributed by atoms with Gasteiger partial charge >= 0.3 is 0 Å². The number of aryl methyl sites for hydroxylation is 3. The van der Waals surface area contributed by atoms with E-state index in [0.29, 0.717) is 6.04 Å². The Hall–Kier alpha value is -2.24. The van der Waals surface area contributed by atoms with Crippen molar-refractivity contribution in [3.05, 3.63) is 64.7 Å². The Balaban J connectivity index is 0.000000396. The second-order valence-electron chi connectivity index (χ2n) is 5.68. The van der Waals surface area contributed by atoms with Crippen LogP contribution in [0.4, 0.5) is 5.69 Å². The fraction of sp³-hybridized carbons (Fsp3) is 0.391. The summed E-state index contributed by atoms with van der Waals surface area (Å²) >= 11 is 0. The zero-order chi connectivity index (χ0) is 19.2. The first-order chi connectivity index (χ1) is 12.1. The number of fused-ring (bicyclic) bond motifs is 1. The molecule has 0 amide bonds. The third-order valence-corrected chi connectivity index (χ3v) is 4.13. The van der Waals surface area contributed by atoms with Crippen LogP contribution in [0, 0.1) is 19.8 Å². The molecule has 2 aromatic carbocycles. The van der Waals surface area contributed by atoms with E-state index in [-0.39, 0.29) is 0 Å². The molecule has 0 saturated heterocycles. The summed E-state index contributed by atoms with van der Waals surface area (Å²) in [5.41, 5.74) is 12.2. The number of hydrogen-bond donors (Lipinski definition) is 2. The quantitative estimate of drug-likeness (QED) is 0.575. The van der Waals surface area contributed by atoms with Gasteiger partial charge in [0.1, 0.15) is 0 Å². The lowest BCUT2D eigenvalue weighted by Crippen LogP contribution is -2.12. The molecule has 2 aromatic rings. The average Bonchev–Trinajstić information content (AvgIpc) is 3.08. The summed E-state index contributed by atoms with van der Waals surface area (Å²) in [4.78, 5) is 0. The Morgan fingerprint density at radius 1 is 1.08 bits per heavy atom. The molecule has 1 unspecified atom stereocenters. The number of terminal acetylenes is 1. The number of benzene rings is 2. The van der Waals surface area contributed by atoms with E-state index in [4.69, 9.17) is 5.73 Å². The first kappa shape index (κ1) is 22.8. The van der Waals surface area contributed by atoms with Crippen LogP contribution in [0.2, 0.25) is 0 Å². The van der Waals surface area contributed by atoms with Gasteiger partial charge in [0.15, 0.2) is 0 Å². The van der Waals surface area contributed by atoms with Crippen molar-refractivity contribution in [1.82, 2.24) is 5.32 Å². The molecule has 0 aromatic heterocycles. The van der Waals surface area contributed by atoms with Gasteiger partial charge in [-0.25, -0.2) is 0 Å². The summed E-state index contributed by atoms with van der Waals surface area (Å²) in [6.45, 7) is 8.28. The van der Waals surface area contributed by atoms with E-state index in [2.05, 4.69) is 68.4 Å². The monoisotopic (exact) mass is 338 g/mol.